The molecule has 0 aliphatic heterocycles. The van der Waals surface area contributed by atoms with Crippen molar-refractivity contribution in [3.63, 3.8) is 0 Å². The average molecular weight is 378 g/mol. The van der Waals surface area contributed by atoms with Gasteiger partial charge >= 0.3 is 0 Å². The van der Waals surface area contributed by atoms with E-state index in [1.807, 2.05) is 24.3 Å². The maximum atomic E-state index is 5.91. The molecule has 0 radical (unpaired) electrons. The Labute approximate surface area is 147 Å². The Morgan fingerprint density at radius 1 is 0.957 bits per heavy atom. The molecule has 3 nitrogen and oxygen atoms in total. The fourth-order valence-corrected chi connectivity index (χ4v) is 2.52. The first-order valence-electron chi connectivity index (χ1n) is 8.27. The van der Waals surface area contributed by atoms with Crippen LogP contribution in [0.5, 0.6) is 11.8 Å². The molecule has 0 aliphatic rings. The highest BCUT2D eigenvalue weighted by Gasteiger charge is 2.11. The molecule has 23 heavy (non-hydrogen) atoms. The topological polar surface area (TPSA) is 31.4 Å². The standard InChI is InChI=1S/C19H24BrNO2/c1-3-5-12-22-18-11-10-17(15-8-7-9-16(20)14-15)19(21-18)23-13-6-4-2/h7-11,14H,3-6,12-13H2,1-2H3. The number of benzene rings is 1. The summed E-state index contributed by atoms with van der Waals surface area (Å²) in [6.07, 6.45) is 4.25. The van der Waals surface area contributed by atoms with E-state index in [0.29, 0.717) is 25.0 Å². The molecular formula is C19H24BrNO2. The average Bonchev–Trinajstić information content (AvgIpc) is 2.56. The van der Waals surface area contributed by atoms with E-state index in [4.69, 9.17) is 9.47 Å². The monoisotopic (exact) mass is 377 g/mol. The number of rotatable bonds is 9. The van der Waals surface area contributed by atoms with Crippen LogP contribution >= 0.6 is 15.9 Å². The van der Waals surface area contributed by atoms with Gasteiger partial charge in [-0.05, 0) is 36.6 Å². The van der Waals surface area contributed by atoms with Crippen LogP contribution in [0.15, 0.2) is 40.9 Å². The maximum Gasteiger partial charge on any atom is 0.224 e. The predicted octanol–water partition coefficient (Wildman–Crippen LogP) is 5.87. The van der Waals surface area contributed by atoms with Gasteiger partial charge in [-0.1, -0.05) is 54.8 Å². The lowest BCUT2D eigenvalue weighted by atomic mass is 10.1. The third-order valence-corrected chi connectivity index (χ3v) is 3.95. The minimum atomic E-state index is 0.628. The van der Waals surface area contributed by atoms with Gasteiger partial charge in [0.15, 0.2) is 0 Å². The number of ether oxygens (including phenoxy) is 2. The number of unbranched alkanes of at least 4 members (excludes halogenated alkanes) is 2. The summed E-state index contributed by atoms with van der Waals surface area (Å²) >= 11 is 3.52. The molecule has 0 N–H and O–H groups in total. The Hall–Kier alpha value is -1.55. The van der Waals surface area contributed by atoms with E-state index in [0.717, 1.165) is 41.3 Å². The molecular weight excluding hydrogens is 354 g/mol. The van der Waals surface area contributed by atoms with E-state index in [9.17, 15) is 0 Å². The second-order valence-electron chi connectivity index (χ2n) is 5.42. The van der Waals surface area contributed by atoms with Crippen molar-refractivity contribution < 1.29 is 9.47 Å². The predicted molar refractivity (Wildman–Crippen MR) is 98.2 cm³/mol. The summed E-state index contributed by atoms with van der Waals surface area (Å²) in [7, 11) is 0. The Bertz CT molecular complexity index is 616. The van der Waals surface area contributed by atoms with E-state index >= 15 is 0 Å². The fraction of sp³-hybridized carbons (Fsp3) is 0.421. The fourth-order valence-electron chi connectivity index (χ4n) is 2.12. The van der Waals surface area contributed by atoms with Gasteiger partial charge in [0.2, 0.25) is 11.8 Å². The van der Waals surface area contributed by atoms with Crippen LogP contribution in [0.4, 0.5) is 0 Å². The van der Waals surface area contributed by atoms with Crippen molar-refractivity contribution in [2.45, 2.75) is 39.5 Å². The molecule has 0 saturated heterocycles. The number of pyridine rings is 1. The third-order valence-electron chi connectivity index (χ3n) is 3.45. The van der Waals surface area contributed by atoms with Crippen LogP contribution in [0, 0.1) is 0 Å². The van der Waals surface area contributed by atoms with Gasteiger partial charge in [0.05, 0.1) is 13.2 Å². The summed E-state index contributed by atoms with van der Waals surface area (Å²) in [4.78, 5) is 4.56. The van der Waals surface area contributed by atoms with Gasteiger partial charge in [-0.2, -0.15) is 4.98 Å². The summed E-state index contributed by atoms with van der Waals surface area (Å²) in [5, 5.41) is 0. The maximum absolute atomic E-state index is 5.91. The second kappa shape index (κ2) is 9.56. The van der Waals surface area contributed by atoms with Crippen molar-refractivity contribution in [3.05, 3.63) is 40.9 Å². The molecule has 1 aromatic heterocycles. The van der Waals surface area contributed by atoms with Crippen LogP contribution in [0.3, 0.4) is 0 Å². The van der Waals surface area contributed by atoms with Gasteiger partial charge in [0.25, 0.3) is 0 Å². The number of halogens is 1. The highest BCUT2D eigenvalue weighted by atomic mass is 79.9. The molecule has 0 spiro atoms. The molecule has 0 aliphatic carbocycles. The molecule has 1 aromatic carbocycles. The Morgan fingerprint density at radius 2 is 1.70 bits per heavy atom. The first-order valence-corrected chi connectivity index (χ1v) is 9.06. The zero-order chi connectivity index (χ0) is 16.5. The summed E-state index contributed by atoms with van der Waals surface area (Å²) in [5.74, 6) is 1.27. The highest BCUT2D eigenvalue weighted by molar-refractivity contribution is 9.10. The number of nitrogens with zero attached hydrogens (tertiary/aromatic N) is 1. The highest BCUT2D eigenvalue weighted by Crippen LogP contribution is 2.32. The largest absolute Gasteiger partial charge is 0.478 e. The van der Waals surface area contributed by atoms with E-state index in [1.165, 1.54) is 0 Å². The molecule has 0 unspecified atom stereocenters. The molecule has 0 bridgehead atoms. The van der Waals surface area contributed by atoms with Crippen LogP contribution in [0.1, 0.15) is 39.5 Å². The van der Waals surface area contributed by atoms with Gasteiger partial charge < -0.3 is 9.47 Å². The summed E-state index contributed by atoms with van der Waals surface area (Å²) < 4.78 is 12.7. The van der Waals surface area contributed by atoms with Crippen LogP contribution in [0.2, 0.25) is 0 Å². The van der Waals surface area contributed by atoms with Gasteiger partial charge in [-0.25, -0.2) is 0 Å². The Balaban J connectivity index is 2.24. The smallest absolute Gasteiger partial charge is 0.224 e. The minimum absolute atomic E-state index is 0.628. The van der Waals surface area contributed by atoms with E-state index < -0.39 is 0 Å². The first kappa shape index (κ1) is 17.8. The van der Waals surface area contributed by atoms with Gasteiger partial charge in [0.1, 0.15) is 0 Å². The van der Waals surface area contributed by atoms with E-state index in [2.05, 4.69) is 46.9 Å². The molecule has 2 rings (SSSR count). The Kier molecular flexibility index (Phi) is 7.40. The molecule has 124 valence electrons. The molecule has 4 heteroatoms. The quantitative estimate of drug-likeness (QED) is 0.512. The van der Waals surface area contributed by atoms with Crippen molar-refractivity contribution >= 4 is 15.9 Å². The van der Waals surface area contributed by atoms with Gasteiger partial charge in [0, 0.05) is 16.1 Å². The lowest BCUT2D eigenvalue weighted by Gasteiger charge is -2.13. The zero-order valence-electron chi connectivity index (χ0n) is 13.8. The van der Waals surface area contributed by atoms with Gasteiger partial charge in [-0.3, -0.25) is 0 Å². The zero-order valence-corrected chi connectivity index (χ0v) is 15.4. The lowest BCUT2D eigenvalue weighted by Crippen LogP contribution is -2.03. The molecule has 0 fully saturated rings. The third kappa shape index (κ3) is 5.54. The number of hydrogen-bond donors (Lipinski definition) is 0. The summed E-state index contributed by atoms with van der Waals surface area (Å²) in [5.41, 5.74) is 2.07. The van der Waals surface area contributed by atoms with Crippen LogP contribution in [-0.4, -0.2) is 18.2 Å². The van der Waals surface area contributed by atoms with Crippen molar-refractivity contribution in [2.75, 3.05) is 13.2 Å². The minimum Gasteiger partial charge on any atom is -0.478 e. The van der Waals surface area contributed by atoms with Gasteiger partial charge in [-0.15, -0.1) is 0 Å². The molecule has 1 heterocycles. The van der Waals surface area contributed by atoms with Crippen molar-refractivity contribution in [2.24, 2.45) is 0 Å². The van der Waals surface area contributed by atoms with E-state index in [1.54, 1.807) is 0 Å². The van der Waals surface area contributed by atoms with Crippen molar-refractivity contribution in [1.29, 1.82) is 0 Å². The normalized spacial score (nSPS) is 10.6. The molecule has 0 atom stereocenters. The lowest BCUT2D eigenvalue weighted by molar-refractivity contribution is 0.274. The van der Waals surface area contributed by atoms with Crippen LogP contribution in [0.25, 0.3) is 11.1 Å². The van der Waals surface area contributed by atoms with Crippen LogP contribution in [-0.2, 0) is 0 Å². The molecule has 0 saturated carbocycles. The number of hydrogen-bond acceptors (Lipinski definition) is 3. The first-order chi connectivity index (χ1) is 11.2. The molecule has 0 amide bonds. The SMILES string of the molecule is CCCCOc1ccc(-c2cccc(Br)c2)c(OCCCC)n1. The van der Waals surface area contributed by atoms with Crippen molar-refractivity contribution in [3.8, 4) is 22.9 Å². The molecule has 2 aromatic rings. The summed E-state index contributed by atoms with van der Waals surface area (Å²) in [6, 6.07) is 12.1. The Morgan fingerprint density at radius 3 is 2.39 bits per heavy atom. The van der Waals surface area contributed by atoms with Crippen LogP contribution < -0.4 is 9.47 Å². The summed E-state index contributed by atoms with van der Waals surface area (Å²) in [6.45, 7) is 5.65. The number of aromatic nitrogens is 1. The van der Waals surface area contributed by atoms with E-state index in [-0.39, 0.29) is 0 Å². The van der Waals surface area contributed by atoms with Crippen molar-refractivity contribution in [1.82, 2.24) is 4.98 Å². The second-order valence-corrected chi connectivity index (χ2v) is 6.33.